The highest BCUT2D eigenvalue weighted by Gasteiger charge is 2.61. The van der Waals surface area contributed by atoms with Gasteiger partial charge in [0.2, 0.25) is 11.8 Å². The number of methoxy groups -OCH3 is 1. The maximum absolute atomic E-state index is 14.7. The summed E-state index contributed by atoms with van der Waals surface area (Å²) in [5, 5.41) is 22.4. The third kappa shape index (κ3) is 8.09. The van der Waals surface area contributed by atoms with Crippen LogP contribution in [0.15, 0.2) is 36.2 Å². The first-order valence-electron chi connectivity index (χ1n) is 19.5. The van der Waals surface area contributed by atoms with E-state index in [1.54, 1.807) is 18.2 Å². The quantitative estimate of drug-likeness (QED) is 0.135. The van der Waals surface area contributed by atoms with Gasteiger partial charge in [-0.2, -0.15) is 0 Å². The first-order valence-corrected chi connectivity index (χ1v) is 20.8. The number of rotatable bonds is 13. The van der Waals surface area contributed by atoms with Crippen LogP contribution in [-0.2, 0) is 19.1 Å². The summed E-state index contributed by atoms with van der Waals surface area (Å²) in [5.41, 5.74) is -0.832. The Morgan fingerprint density at radius 3 is 2.49 bits per heavy atom. The SMILES string of the molecule is C=C[C@@H]1C[C@]1(NC(=O)[C@@H]1C[C@@H](Oc2cc(-c3csc(NC(C)C)n3)nc3c(Cl)c(OC)ccc23)CN1C(=O)[C@@H](NC(=O)O[C@H]1CC2CCC1C2)C(C)(C)C)C(=O)O. The number of pyridine rings is 1. The number of nitrogens with zero attached hydrogens (tertiary/aromatic N) is 3. The summed E-state index contributed by atoms with van der Waals surface area (Å²) < 4.78 is 18.1. The Morgan fingerprint density at radius 2 is 1.88 bits per heavy atom. The molecule has 1 saturated heterocycles. The van der Waals surface area contributed by atoms with Crippen LogP contribution in [0.3, 0.4) is 0 Å². The fourth-order valence-electron chi connectivity index (χ4n) is 8.61. The number of hydrogen-bond donors (Lipinski definition) is 4. The van der Waals surface area contributed by atoms with Crippen LogP contribution in [0, 0.1) is 23.2 Å². The Hall–Kier alpha value is -4.63. The van der Waals surface area contributed by atoms with Crippen molar-refractivity contribution in [1.29, 1.82) is 0 Å². The predicted molar refractivity (Wildman–Crippen MR) is 217 cm³/mol. The van der Waals surface area contributed by atoms with Gasteiger partial charge in [0.05, 0.1) is 24.9 Å². The molecule has 4 N–H and O–H groups in total. The number of carboxylic acids is 1. The van der Waals surface area contributed by atoms with Crippen LogP contribution in [0.4, 0.5) is 9.93 Å². The minimum Gasteiger partial charge on any atom is -0.495 e. The van der Waals surface area contributed by atoms with E-state index in [0.29, 0.717) is 45.6 Å². The molecule has 3 heterocycles. The molecule has 1 aromatic carbocycles. The van der Waals surface area contributed by atoms with Gasteiger partial charge in [-0.25, -0.2) is 19.6 Å². The van der Waals surface area contributed by atoms with Gasteiger partial charge >= 0.3 is 12.1 Å². The minimum atomic E-state index is -1.53. The summed E-state index contributed by atoms with van der Waals surface area (Å²) in [5.74, 6) is -1.11. The van der Waals surface area contributed by atoms with Gasteiger partial charge in [0, 0.05) is 35.2 Å². The van der Waals surface area contributed by atoms with Gasteiger partial charge in [-0.05, 0) is 75.3 Å². The first-order chi connectivity index (χ1) is 27.0. The van der Waals surface area contributed by atoms with Crippen LogP contribution in [0.2, 0.25) is 5.02 Å². The molecule has 3 aliphatic carbocycles. The summed E-state index contributed by atoms with van der Waals surface area (Å²) in [4.78, 5) is 65.7. The maximum atomic E-state index is 14.7. The summed E-state index contributed by atoms with van der Waals surface area (Å²) >= 11 is 8.26. The highest BCUT2D eigenvalue weighted by Crippen LogP contribution is 2.47. The number of aromatic nitrogens is 2. The molecule has 3 amide bonds. The molecule has 0 radical (unpaired) electrons. The Bertz CT molecular complexity index is 2090. The van der Waals surface area contributed by atoms with Gasteiger partial charge < -0.3 is 40.2 Å². The van der Waals surface area contributed by atoms with Crippen molar-refractivity contribution in [3.8, 4) is 22.9 Å². The number of carboxylic acid groups (broad SMARTS) is 1. The van der Waals surface area contributed by atoms with Crippen molar-refractivity contribution in [2.45, 2.75) is 109 Å². The molecule has 3 saturated carbocycles. The number of likely N-dealkylation sites (tertiary alicyclic amines) is 1. The topological polar surface area (TPSA) is 181 Å². The molecule has 16 heteroatoms. The van der Waals surface area contributed by atoms with Crippen LogP contribution in [0.5, 0.6) is 11.5 Å². The monoisotopic (exact) mass is 822 g/mol. The molecule has 14 nitrogen and oxygen atoms in total. The molecule has 7 rings (SSSR count). The number of anilines is 1. The molecule has 2 aromatic heterocycles. The van der Waals surface area contributed by atoms with E-state index in [1.165, 1.54) is 29.4 Å². The largest absolute Gasteiger partial charge is 0.495 e. The fraction of sp³-hybridized carbons (Fsp3) is 0.561. The van der Waals surface area contributed by atoms with E-state index in [0.717, 1.165) is 30.8 Å². The van der Waals surface area contributed by atoms with Crippen molar-refractivity contribution in [2.24, 2.45) is 23.2 Å². The number of carbonyl (C=O) groups excluding carboxylic acids is 3. The Morgan fingerprint density at radius 1 is 1.11 bits per heavy atom. The highest BCUT2D eigenvalue weighted by atomic mass is 35.5. The zero-order valence-corrected chi connectivity index (χ0v) is 34.7. The van der Waals surface area contributed by atoms with E-state index < -0.39 is 58.9 Å². The van der Waals surface area contributed by atoms with Crippen LogP contribution in [0.25, 0.3) is 22.3 Å². The maximum Gasteiger partial charge on any atom is 0.408 e. The molecule has 306 valence electrons. The second kappa shape index (κ2) is 15.6. The molecular weight excluding hydrogens is 772 g/mol. The summed E-state index contributed by atoms with van der Waals surface area (Å²) in [6.45, 7) is 13.2. The zero-order chi connectivity index (χ0) is 41.0. The molecule has 0 spiro atoms. The van der Waals surface area contributed by atoms with Crippen LogP contribution in [-0.4, -0.2) is 93.4 Å². The number of benzene rings is 1. The lowest BCUT2D eigenvalue weighted by molar-refractivity contribution is -0.146. The van der Waals surface area contributed by atoms with E-state index in [-0.39, 0.29) is 36.6 Å². The molecule has 57 heavy (non-hydrogen) atoms. The third-order valence-electron chi connectivity index (χ3n) is 11.7. The van der Waals surface area contributed by atoms with Crippen molar-refractivity contribution < 1.29 is 38.5 Å². The van der Waals surface area contributed by atoms with Gasteiger partial charge in [-0.3, -0.25) is 9.59 Å². The molecule has 2 bridgehead atoms. The molecule has 8 atom stereocenters. The molecule has 2 unspecified atom stereocenters. The van der Waals surface area contributed by atoms with E-state index in [9.17, 15) is 24.3 Å². The number of halogens is 1. The third-order valence-corrected chi connectivity index (χ3v) is 12.9. The fourth-order valence-corrected chi connectivity index (χ4v) is 9.74. The average molecular weight is 823 g/mol. The molecular formula is C41H51ClN6O8S. The number of hydrogen-bond acceptors (Lipinski definition) is 11. The lowest BCUT2D eigenvalue weighted by atomic mass is 9.85. The van der Waals surface area contributed by atoms with Gasteiger partial charge in [-0.15, -0.1) is 17.9 Å². The lowest BCUT2D eigenvalue weighted by Gasteiger charge is -2.35. The minimum absolute atomic E-state index is 0.0284. The van der Waals surface area contributed by atoms with Crippen LogP contribution >= 0.6 is 22.9 Å². The van der Waals surface area contributed by atoms with E-state index in [4.69, 9.17) is 35.8 Å². The number of thiazole rings is 1. The summed E-state index contributed by atoms with van der Waals surface area (Å²) in [6.07, 6.45) is 4.14. The van der Waals surface area contributed by atoms with Crippen molar-refractivity contribution in [3.05, 3.63) is 41.3 Å². The van der Waals surface area contributed by atoms with Gasteiger partial charge in [0.25, 0.3) is 0 Å². The first kappa shape index (κ1) is 40.6. The molecule has 1 aliphatic heterocycles. The standard InChI is InChI=1S/C41H51ClN6O8S/c1-8-23-17-41(23,37(51)52)47-35(49)28-15-24(18-48(28)36(50)34(40(4,5)6)46-39(53)56-30-14-21-9-10-22(30)13-21)55-31-16-26(27-19-57-38(45-27)43-20(2)3)44-33-25(31)11-12-29(54-7)32(33)42/h8,11-12,16,19-24,28,30,34H,1,9-10,13-15,17-18H2,2-7H3,(H,43,45)(H,46,53)(H,47,49)(H,51,52)/t21?,22?,23-,24-,28+,30+,34-,41-/m1/s1. The number of alkyl carbamates (subject to hydrolysis) is 1. The highest BCUT2D eigenvalue weighted by molar-refractivity contribution is 7.14. The van der Waals surface area contributed by atoms with Crippen molar-refractivity contribution in [1.82, 2.24) is 25.5 Å². The van der Waals surface area contributed by atoms with Crippen molar-refractivity contribution >= 4 is 62.8 Å². The number of nitrogens with one attached hydrogen (secondary N) is 3. The molecule has 4 aliphatic rings. The van der Waals surface area contributed by atoms with Crippen LogP contribution < -0.4 is 25.4 Å². The Kier molecular flexibility index (Phi) is 11.1. The number of fused-ring (bicyclic) bond motifs is 3. The van der Waals surface area contributed by atoms with E-state index in [2.05, 4.69) is 22.5 Å². The van der Waals surface area contributed by atoms with E-state index in [1.807, 2.05) is 40.0 Å². The second-order valence-corrected chi connectivity index (χ2v) is 18.4. The summed E-state index contributed by atoms with van der Waals surface area (Å²) in [6, 6.07) is 3.20. The lowest BCUT2D eigenvalue weighted by Crippen LogP contribution is -2.59. The van der Waals surface area contributed by atoms with Gasteiger partial charge in [-0.1, -0.05) is 38.4 Å². The Labute approximate surface area is 341 Å². The number of amides is 3. The van der Waals surface area contributed by atoms with Gasteiger partial charge in [0.15, 0.2) is 5.13 Å². The number of ether oxygens (including phenoxy) is 3. The zero-order valence-electron chi connectivity index (χ0n) is 33.1. The normalized spacial score (nSPS) is 26.9. The van der Waals surface area contributed by atoms with E-state index >= 15 is 0 Å². The number of aliphatic carboxylic acids is 1. The average Bonchev–Trinajstić information content (AvgIpc) is 3.67. The van der Waals surface area contributed by atoms with Gasteiger partial charge in [0.1, 0.15) is 52.0 Å². The van der Waals surface area contributed by atoms with Crippen molar-refractivity contribution in [2.75, 3.05) is 19.0 Å². The summed E-state index contributed by atoms with van der Waals surface area (Å²) in [7, 11) is 1.51. The molecule has 4 fully saturated rings. The second-order valence-electron chi connectivity index (χ2n) is 17.2. The Balaban J connectivity index is 1.20. The van der Waals surface area contributed by atoms with Crippen LogP contribution in [0.1, 0.15) is 73.1 Å². The van der Waals surface area contributed by atoms with Crippen molar-refractivity contribution in [3.63, 3.8) is 0 Å². The molecule has 3 aromatic rings. The predicted octanol–water partition coefficient (Wildman–Crippen LogP) is 6.66. The smallest absolute Gasteiger partial charge is 0.408 e. The number of carbonyl (C=O) groups is 4.